The van der Waals surface area contributed by atoms with Gasteiger partial charge in [0.15, 0.2) is 0 Å². The van der Waals surface area contributed by atoms with Gasteiger partial charge in [-0.1, -0.05) is 6.92 Å². The molecule has 2 rings (SSSR count). The predicted molar refractivity (Wildman–Crippen MR) is 87.9 cm³/mol. The van der Waals surface area contributed by atoms with Crippen LogP contribution in [-0.2, 0) is 6.42 Å². The highest BCUT2D eigenvalue weighted by Crippen LogP contribution is 2.33. The molecule has 0 saturated carbocycles. The van der Waals surface area contributed by atoms with Crippen molar-refractivity contribution in [3.8, 4) is 0 Å². The van der Waals surface area contributed by atoms with Gasteiger partial charge in [-0.3, -0.25) is 0 Å². The number of nitrogens with one attached hydrogen (secondary N) is 1. The van der Waals surface area contributed by atoms with Crippen LogP contribution in [0.5, 0.6) is 0 Å². The lowest BCUT2D eigenvalue weighted by molar-refractivity contribution is 0.529. The highest BCUT2D eigenvalue weighted by atomic mass is 79.9. The first kappa shape index (κ1) is 16.6. The zero-order valence-corrected chi connectivity index (χ0v) is 14.5. The van der Waals surface area contributed by atoms with Crippen LogP contribution in [0.15, 0.2) is 28.1 Å². The van der Waals surface area contributed by atoms with Crippen molar-refractivity contribution in [2.45, 2.75) is 32.7 Å². The molecule has 0 bridgehead atoms. The number of thiophene rings is 1. The third-order valence-corrected chi connectivity index (χ3v) is 5.47. The Balaban J connectivity index is 2.23. The van der Waals surface area contributed by atoms with E-state index in [9.17, 15) is 8.78 Å². The number of halogens is 3. The fraction of sp³-hybridized carbons (Fsp3) is 0.375. The van der Waals surface area contributed by atoms with Gasteiger partial charge < -0.3 is 5.32 Å². The molecule has 2 aromatic rings. The van der Waals surface area contributed by atoms with Gasteiger partial charge >= 0.3 is 0 Å². The first-order chi connectivity index (χ1) is 9.99. The average molecular weight is 374 g/mol. The highest BCUT2D eigenvalue weighted by molar-refractivity contribution is 9.11. The quantitative estimate of drug-likeness (QED) is 0.716. The van der Waals surface area contributed by atoms with Crippen molar-refractivity contribution in [2.75, 3.05) is 6.54 Å². The summed E-state index contributed by atoms with van der Waals surface area (Å²) in [5, 5.41) is 3.46. The van der Waals surface area contributed by atoms with E-state index in [1.54, 1.807) is 11.3 Å². The van der Waals surface area contributed by atoms with Crippen molar-refractivity contribution >= 4 is 27.3 Å². The van der Waals surface area contributed by atoms with E-state index in [1.807, 2.05) is 6.92 Å². The summed E-state index contributed by atoms with van der Waals surface area (Å²) in [5.74, 6) is -1.05. The molecule has 1 N–H and O–H groups in total. The minimum absolute atomic E-state index is 0.0705. The van der Waals surface area contributed by atoms with Crippen molar-refractivity contribution in [3.05, 3.63) is 55.7 Å². The molecule has 0 radical (unpaired) electrons. The smallest absolute Gasteiger partial charge is 0.126 e. The lowest BCUT2D eigenvalue weighted by atomic mass is 10.0. The Morgan fingerprint density at radius 1 is 1.19 bits per heavy atom. The van der Waals surface area contributed by atoms with Crippen LogP contribution in [-0.4, -0.2) is 6.54 Å². The van der Waals surface area contributed by atoms with Crippen LogP contribution in [0.4, 0.5) is 8.78 Å². The molecule has 0 aliphatic heterocycles. The summed E-state index contributed by atoms with van der Waals surface area (Å²) in [4.78, 5) is 1.18. The van der Waals surface area contributed by atoms with Gasteiger partial charge in [-0.2, -0.15) is 0 Å². The Labute approximate surface area is 136 Å². The predicted octanol–water partition coefficient (Wildman–Crippen LogP) is 5.38. The molecule has 21 heavy (non-hydrogen) atoms. The summed E-state index contributed by atoms with van der Waals surface area (Å²) in [7, 11) is 0. The van der Waals surface area contributed by atoms with E-state index in [2.05, 4.69) is 34.2 Å². The van der Waals surface area contributed by atoms with Gasteiger partial charge in [-0.05, 0) is 71.6 Å². The Kier molecular flexibility index (Phi) is 5.90. The van der Waals surface area contributed by atoms with Gasteiger partial charge in [-0.25, -0.2) is 8.78 Å². The number of aryl methyl sites for hydroxylation is 1. The number of rotatable bonds is 6. The van der Waals surface area contributed by atoms with Crippen LogP contribution >= 0.6 is 27.3 Å². The molecule has 0 spiro atoms. The maximum Gasteiger partial charge on any atom is 0.126 e. The summed E-state index contributed by atoms with van der Waals surface area (Å²) < 4.78 is 27.8. The third kappa shape index (κ3) is 4.59. The summed E-state index contributed by atoms with van der Waals surface area (Å²) in [5.41, 5.74) is 1.85. The molecule has 0 saturated heterocycles. The number of benzene rings is 1. The van der Waals surface area contributed by atoms with E-state index >= 15 is 0 Å². The van der Waals surface area contributed by atoms with Crippen molar-refractivity contribution < 1.29 is 8.78 Å². The molecule has 1 aromatic carbocycles. The first-order valence-electron chi connectivity index (χ1n) is 6.93. The summed E-state index contributed by atoms with van der Waals surface area (Å²) in [6.45, 7) is 5.02. The van der Waals surface area contributed by atoms with Crippen LogP contribution < -0.4 is 5.32 Å². The monoisotopic (exact) mass is 373 g/mol. The Morgan fingerprint density at radius 3 is 2.38 bits per heavy atom. The Hall–Kier alpha value is -0.780. The summed E-state index contributed by atoms with van der Waals surface area (Å²) in [6, 6.07) is 5.90. The molecule has 1 nitrogen and oxygen atoms in total. The second-order valence-electron chi connectivity index (χ2n) is 5.09. The summed E-state index contributed by atoms with van der Waals surface area (Å²) >= 11 is 5.20. The fourth-order valence-electron chi connectivity index (χ4n) is 2.21. The minimum atomic E-state index is -0.525. The van der Waals surface area contributed by atoms with Crippen molar-refractivity contribution in [2.24, 2.45) is 0 Å². The van der Waals surface area contributed by atoms with Crippen LogP contribution in [0.25, 0.3) is 0 Å². The number of hydrogen-bond donors (Lipinski definition) is 1. The van der Waals surface area contributed by atoms with E-state index in [0.29, 0.717) is 12.0 Å². The molecule has 0 aliphatic carbocycles. The standard InChI is InChI=1S/C16H18BrF2NS/c1-3-4-20-14(15-5-10(2)16(17)21-15)8-11-6-12(18)9-13(19)7-11/h5-7,9,14,20H,3-4,8H2,1-2H3. The molecule has 1 unspecified atom stereocenters. The van der Waals surface area contributed by atoms with E-state index in [1.165, 1.54) is 22.6 Å². The molecular weight excluding hydrogens is 356 g/mol. The molecule has 1 aromatic heterocycles. The minimum Gasteiger partial charge on any atom is -0.309 e. The molecule has 0 amide bonds. The summed E-state index contributed by atoms with van der Waals surface area (Å²) in [6.07, 6.45) is 1.58. The second-order valence-corrected chi connectivity index (χ2v) is 7.50. The zero-order chi connectivity index (χ0) is 15.4. The molecule has 1 atom stereocenters. The van der Waals surface area contributed by atoms with Gasteiger partial charge in [0.05, 0.1) is 3.79 Å². The van der Waals surface area contributed by atoms with Crippen LogP contribution in [0.2, 0.25) is 0 Å². The topological polar surface area (TPSA) is 12.0 Å². The van der Waals surface area contributed by atoms with E-state index in [0.717, 1.165) is 22.8 Å². The van der Waals surface area contributed by atoms with Crippen LogP contribution in [0.3, 0.4) is 0 Å². The maximum absolute atomic E-state index is 13.3. The van der Waals surface area contributed by atoms with Crippen molar-refractivity contribution in [1.82, 2.24) is 5.32 Å². The average Bonchev–Trinajstić information content (AvgIpc) is 2.73. The van der Waals surface area contributed by atoms with E-state index in [-0.39, 0.29) is 6.04 Å². The van der Waals surface area contributed by atoms with Gasteiger partial charge in [0.2, 0.25) is 0 Å². The van der Waals surface area contributed by atoms with Crippen molar-refractivity contribution in [3.63, 3.8) is 0 Å². The second kappa shape index (κ2) is 7.47. The molecule has 0 aliphatic rings. The molecule has 5 heteroatoms. The molecular formula is C16H18BrF2NS. The van der Waals surface area contributed by atoms with E-state index < -0.39 is 11.6 Å². The zero-order valence-electron chi connectivity index (χ0n) is 12.1. The number of hydrogen-bond acceptors (Lipinski definition) is 2. The third-order valence-electron chi connectivity index (χ3n) is 3.22. The fourth-order valence-corrected chi connectivity index (χ4v) is 3.86. The first-order valence-corrected chi connectivity index (χ1v) is 8.54. The maximum atomic E-state index is 13.3. The van der Waals surface area contributed by atoms with Gasteiger partial charge in [0.25, 0.3) is 0 Å². The molecule has 114 valence electrons. The molecule has 1 heterocycles. The SMILES string of the molecule is CCCNC(Cc1cc(F)cc(F)c1)c1cc(C)c(Br)s1. The normalized spacial score (nSPS) is 12.6. The highest BCUT2D eigenvalue weighted by Gasteiger charge is 2.16. The van der Waals surface area contributed by atoms with Gasteiger partial charge in [0.1, 0.15) is 11.6 Å². The largest absolute Gasteiger partial charge is 0.309 e. The Bertz CT molecular complexity index is 573. The van der Waals surface area contributed by atoms with Gasteiger partial charge in [-0.15, -0.1) is 11.3 Å². The van der Waals surface area contributed by atoms with Crippen LogP contribution in [0.1, 0.15) is 35.4 Å². The lowest BCUT2D eigenvalue weighted by Gasteiger charge is -2.17. The van der Waals surface area contributed by atoms with Crippen molar-refractivity contribution in [1.29, 1.82) is 0 Å². The lowest BCUT2D eigenvalue weighted by Crippen LogP contribution is -2.23. The van der Waals surface area contributed by atoms with E-state index in [4.69, 9.17) is 0 Å². The molecule has 0 fully saturated rings. The van der Waals surface area contributed by atoms with Gasteiger partial charge in [0, 0.05) is 17.0 Å². The van der Waals surface area contributed by atoms with Crippen LogP contribution in [0, 0.1) is 18.6 Å². The Morgan fingerprint density at radius 2 is 1.86 bits per heavy atom.